The number of methoxy groups -OCH3 is 1. The number of benzene rings is 2. The predicted molar refractivity (Wildman–Crippen MR) is 112 cm³/mol. The molecule has 0 bridgehead atoms. The second kappa shape index (κ2) is 7.05. The Balaban J connectivity index is 1.44. The van der Waals surface area contributed by atoms with Crippen molar-refractivity contribution >= 4 is 23.6 Å². The Morgan fingerprint density at radius 3 is 2.63 bits per heavy atom. The molecule has 3 amide bonds. The lowest BCUT2D eigenvalue weighted by molar-refractivity contribution is -0.137. The number of aliphatic imine (C=N–C) groups is 1. The summed E-state index contributed by atoms with van der Waals surface area (Å²) in [4.78, 5) is 38.1. The smallest absolute Gasteiger partial charge is 0.328 e. The molecule has 154 valence electrons. The maximum Gasteiger partial charge on any atom is 0.328 e. The van der Waals surface area contributed by atoms with Crippen LogP contribution in [0.3, 0.4) is 0 Å². The van der Waals surface area contributed by atoms with E-state index in [1.807, 2.05) is 59.5 Å². The topological polar surface area (TPSA) is 68.7 Å². The van der Waals surface area contributed by atoms with Gasteiger partial charge in [0, 0.05) is 31.9 Å². The van der Waals surface area contributed by atoms with Crippen LogP contribution >= 0.6 is 0 Å². The number of hydrogen-bond donors (Lipinski definition) is 0. The van der Waals surface area contributed by atoms with E-state index in [0.29, 0.717) is 6.54 Å². The maximum absolute atomic E-state index is 13.4. The summed E-state index contributed by atoms with van der Waals surface area (Å²) < 4.78 is 5.35. The minimum Gasteiger partial charge on any atom is -0.497 e. The first-order valence-corrected chi connectivity index (χ1v) is 9.96. The Hall–Kier alpha value is -3.55. The highest BCUT2D eigenvalue weighted by molar-refractivity contribution is 6.08. The first kappa shape index (κ1) is 18.5. The van der Waals surface area contributed by atoms with Crippen molar-refractivity contribution in [1.82, 2.24) is 14.7 Å². The number of likely N-dealkylation sites (N-methyl/N-ethyl adjacent to an activating group) is 1. The van der Waals surface area contributed by atoms with E-state index in [1.54, 1.807) is 19.1 Å². The van der Waals surface area contributed by atoms with Crippen LogP contribution in [0.4, 0.5) is 10.5 Å². The minimum atomic E-state index is -0.513. The molecule has 2 aromatic rings. The van der Waals surface area contributed by atoms with Crippen LogP contribution in [0.15, 0.2) is 59.6 Å². The number of carbonyl (C=O) groups excluding carboxylic acids is 2. The molecular weight excluding hydrogens is 382 g/mol. The number of carbonyl (C=O) groups is 2. The number of imide groups is 1. The molecule has 2 unspecified atom stereocenters. The zero-order valence-corrected chi connectivity index (χ0v) is 16.9. The molecule has 3 aliphatic heterocycles. The monoisotopic (exact) mass is 405 g/mol. The fraction of sp³-hybridized carbons (Fsp3) is 0.318. The molecule has 2 aromatic carbocycles. The number of ether oxygens (including phenoxy) is 1. The normalized spacial score (nSPS) is 22.9. The van der Waals surface area contributed by atoms with Crippen LogP contribution in [0.1, 0.15) is 5.56 Å². The third-order valence-electron chi connectivity index (χ3n) is 5.93. The number of hydrogen-bond acceptors (Lipinski definition) is 6. The van der Waals surface area contributed by atoms with Gasteiger partial charge >= 0.3 is 6.03 Å². The molecule has 0 saturated carbocycles. The van der Waals surface area contributed by atoms with Gasteiger partial charge in [-0.15, -0.1) is 0 Å². The number of rotatable bonds is 4. The summed E-state index contributed by atoms with van der Waals surface area (Å²) in [5.74, 6) is 1.30. The lowest BCUT2D eigenvalue weighted by atomic mass is 10.1. The number of nitrogens with zero attached hydrogens (tertiary/aromatic N) is 5. The first-order chi connectivity index (χ1) is 14.6. The lowest BCUT2D eigenvalue weighted by Gasteiger charge is -2.40. The highest BCUT2D eigenvalue weighted by Gasteiger charge is 2.54. The fourth-order valence-corrected chi connectivity index (χ4v) is 4.37. The van der Waals surface area contributed by atoms with Gasteiger partial charge in [0.15, 0.2) is 12.2 Å². The number of anilines is 1. The first-order valence-electron chi connectivity index (χ1n) is 9.96. The van der Waals surface area contributed by atoms with E-state index in [-0.39, 0.29) is 18.5 Å². The van der Waals surface area contributed by atoms with Crippen molar-refractivity contribution in [3.63, 3.8) is 0 Å². The lowest BCUT2D eigenvalue weighted by Crippen LogP contribution is -2.64. The Labute approximate surface area is 174 Å². The van der Waals surface area contributed by atoms with Gasteiger partial charge < -0.3 is 19.4 Å². The van der Waals surface area contributed by atoms with Crippen LogP contribution in [0, 0.1) is 0 Å². The van der Waals surface area contributed by atoms with Crippen LogP contribution < -0.4 is 9.64 Å². The Bertz CT molecular complexity index is 1020. The molecule has 2 fully saturated rings. The van der Waals surface area contributed by atoms with E-state index in [4.69, 9.17) is 9.73 Å². The molecule has 0 radical (unpaired) electrons. The number of urea groups is 1. The van der Waals surface area contributed by atoms with E-state index in [0.717, 1.165) is 29.5 Å². The van der Waals surface area contributed by atoms with Crippen LogP contribution in [0.2, 0.25) is 0 Å². The second-order valence-electron chi connectivity index (χ2n) is 7.64. The molecule has 8 nitrogen and oxygen atoms in total. The van der Waals surface area contributed by atoms with Crippen molar-refractivity contribution < 1.29 is 14.3 Å². The number of guanidine groups is 1. The van der Waals surface area contributed by atoms with E-state index in [1.165, 1.54) is 4.90 Å². The van der Waals surface area contributed by atoms with Gasteiger partial charge in [-0.2, -0.15) is 0 Å². The van der Waals surface area contributed by atoms with Gasteiger partial charge in [-0.1, -0.05) is 36.4 Å². The largest absolute Gasteiger partial charge is 0.497 e. The molecule has 30 heavy (non-hydrogen) atoms. The van der Waals surface area contributed by atoms with Crippen molar-refractivity contribution in [1.29, 1.82) is 0 Å². The standard InChI is InChI=1S/C22H23N5O3/c1-24-19-18(20(28)27(22(24)29)14-15-7-4-3-5-8-15)26-12-11-25(21(26)23-19)16-9-6-10-17(13-16)30-2/h3-10,13,18-19H,11-12,14H2,1-2H3. The summed E-state index contributed by atoms with van der Waals surface area (Å²) in [5.41, 5.74) is 1.88. The average Bonchev–Trinajstić information content (AvgIpc) is 3.35. The molecule has 3 aliphatic rings. The molecule has 2 atom stereocenters. The van der Waals surface area contributed by atoms with Gasteiger partial charge in [0.2, 0.25) is 5.96 Å². The van der Waals surface area contributed by atoms with Crippen LogP contribution in [0.5, 0.6) is 5.75 Å². The van der Waals surface area contributed by atoms with Gasteiger partial charge in [0.05, 0.1) is 13.7 Å². The summed E-state index contributed by atoms with van der Waals surface area (Å²) in [6, 6.07) is 16.5. The summed E-state index contributed by atoms with van der Waals surface area (Å²) in [6.45, 7) is 1.65. The summed E-state index contributed by atoms with van der Waals surface area (Å²) in [6.07, 6.45) is -0.513. The van der Waals surface area contributed by atoms with Crippen LogP contribution in [0.25, 0.3) is 0 Å². The predicted octanol–water partition coefficient (Wildman–Crippen LogP) is 1.98. The zero-order chi connectivity index (χ0) is 20.8. The van der Waals surface area contributed by atoms with E-state index in [2.05, 4.69) is 4.90 Å². The SMILES string of the molecule is COc1cccc(N2CCN3C2=NC2C3C(=O)N(Cc3ccccc3)C(=O)N2C)c1. The van der Waals surface area contributed by atoms with Gasteiger partial charge in [-0.05, 0) is 17.7 Å². The van der Waals surface area contributed by atoms with Crippen molar-refractivity contribution in [2.24, 2.45) is 4.99 Å². The molecule has 0 N–H and O–H groups in total. The molecule has 0 aliphatic carbocycles. The fourth-order valence-electron chi connectivity index (χ4n) is 4.37. The summed E-state index contributed by atoms with van der Waals surface area (Å²) in [7, 11) is 3.35. The van der Waals surface area contributed by atoms with Crippen molar-refractivity contribution in [2.75, 3.05) is 32.1 Å². The zero-order valence-electron chi connectivity index (χ0n) is 16.9. The Kier molecular flexibility index (Phi) is 4.34. The third kappa shape index (κ3) is 2.79. The highest BCUT2D eigenvalue weighted by atomic mass is 16.5. The van der Waals surface area contributed by atoms with Gasteiger partial charge in [0.1, 0.15) is 5.75 Å². The van der Waals surface area contributed by atoms with E-state index in [9.17, 15) is 9.59 Å². The van der Waals surface area contributed by atoms with E-state index < -0.39 is 12.2 Å². The number of fused-ring (bicyclic) bond motifs is 3. The second-order valence-corrected chi connectivity index (χ2v) is 7.64. The summed E-state index contributed by atoms with van der Waals surface area (Å²) in [5, 5.41) is 0. The van der Waals surface area contributed by atoms with E-state index >= 15 is 0 Å². The van der Waals surface area contributed by atoms with Crippen LogP contribution in [-0.2, 0) is 11.3 Å². The minimum absolute atomic E-state index is 0.196. The van der Waals surface area contributed by atoms with Crippen molar-refractivity contribution in [2.45, 2.75) is 18.8 Å². The van der Waals surface area contributed by atoms with Crippen LogP contribution in [-0.4, -0.2) is 72.1 Å². The number of amides is 3. The van der Waals surface area contributed by atoms with Gasteiger partial charge in [-0.3, -0.25) is 9.69 Å². The third-order valence-corrected chi connectivity index (χ3v) is 5.93. The molecule has 3 heterocycles. The molecule has 0 spiro atoms. The molecule has 8 heteroatoms. The summed E-state index contributed by atoms with van der Waals surface area (Å²) >= 11 is 0. The molecule has 2 saturated heterocycles. The molecule has 0 aromatic heterocycles. The average molecular weight is 405 g/mol. The molecular formula is C22H23N5O3. The Morgan fingerprint density at radius 2 is 1.87 bits per heavy atom. The quantitative estimate of drug-likeness (QED) is 0.778. The van der Waals surface area contributed by atoms with Gasteiger partial charge in [-0.25, -0.2) is 9.79 Å². The Morgan fingerprint density at radius 1 is 1.07 bits per heavy atom. The maximum atomic E-state index is 13.4. The molecule has 5 rings (SSSR count). The van der Waals surface area contributed by atoms with Gasteiger partial charge in [0.25, 0.3) is 5.91 Å². The van der Waals surface area contributed by atoms with Crippen molar-refractivity contribution in [3.8, 4) is 5.75 Å². The highest BCUT2D eigenvalue weighted by Crippen LogP contribution is 2.34. The van der Waals surface area contributed by atoms with Crippen molar-refractivity contribution in [3.05, 3.63) is 60.2 Å².